The smallest absolute Gasteiger partial charge is 0.264 e. The number of halogens is 1. The highest BCUT2D eigenvalue weighted by molar-refractivity contribution is 6.30. The van der Waals surface area contributed by atoms with Gasteiger partial charge in [-0.25, -0.2) is 4.99 Å². The number of amidine groups is 1. The van der Waals surface area contributed by atoms with E-state index in [2.05, 4.69) is 19.9 Å². The van der Waals surface area contributed by atoms with E-state index in [1.54, 1.807) is 6.21 Å². The van der Waals surface area contributed by atoms with Crippen molar-refractivity contribution in [1.82, 2.24) is 4.90 Å². The largest absolute Gasteiger partial charge is 0.341 e. The number of aliphatic imine (C=N–C) groups is 3. The Morgan fingerprint density at radius 3 is 2.77 bits per heavy atom. The van der Waals surface area contributed by atoms with E-state index < -0.39 is 5.92 Å². The number of likely N-dealkylation sites (tertiary alicyclic amines) is 1. The molecule has 1 fully saturated rings. The van der Waals surface area contributed by atoms with Gasteiger partial charge in [-0.3, -0.25) is 4.79 Å². The standard InChI is InChI=1S/C20H19ClN4O/c21-16-6-4-5-14(13-16)7-8-15-9-10-22-18-17(15)19(26)24-20(23-18)25-11-2-1-3-12-25/h4-10,13,17H,1-3,11-12H2/b8-7+. The number of carbonyl (C=O) groups excluding carboxylic acids is 1. The summed E-state index contributed by atoms with van der Waals surface area (Å²) in [6.45, 7) is 1.79. The molecule has 0 saturated carbocycles. The maximum absolute atomic E-state index is 12.7. The number of hydrogen-bond acceptors (Lipinski definition) is 4. The minimum atomic E-state index is -0.524. The van der Waals surface area contributed by atoms with Crippen molar-refractivity contribution in [3.8, 4) is 0 Å². The van der Waals surface area contributed by atoms with Gasteiger partial charge in [0.15, 0.2) is 0 Å². The Bertz CT molecular complexity index is 876. The van der Waals surface area contributed by atoms with Crippen molar-refractivity contribution in [2.45, 2.75) is 19.3 Å². The van der Waals surface area contributed by atoms with E-state index in [9.17, 15) is 4.79 Å². The molecule has 1 aromatic carbocycles. The number of piperidine rings is 1. The van der Waals surface area contributed by atoms with Crippen LogP contribution in [0.25, 0.3) is 6.08 Å². The summed E-state index contributed by atoms with van der Waals surface area (Å²) in [5.41, 5.74) is 1.81. The third-order valence-electron chi connectivity index (χ3n) is 4.69. The molecule has 5 nitrogen and oxygen atoms in total. The third-order valence-corrected chi connectivity index (χ3v) is 4.93. The van der Waals surface area contributed by atoms with Crippen LogP contribution in [0.5, 0.6) is 0 Å². The minimum Gasteiger partial charge on any atom is -0.341 e. The van der Waals surface area contributed by atoms with E-state index in [1.165, 1.54) is 6.42 Å². The molecule has 0 aliphatic carbocycles. The second kappa shape index (κ2) is 7.38. The number of hydrogen-bond donors (Lipinski definition) is 0. The van der Waals surface area contributed by atoms with E-state index in [0.717, 1.165) is 37.1 Å². The lowest BCUT2D eigenvalue weighted by molar-refractivity contribution is -0.118. The average molecular weight is 367 g/mol. The third kappa shape index (κ3) is 3.53. The zero-order chi connectivity index (χ0) is 17.9. The molecule has 1 atom stereocenters. The van der Waals surface area contributed by atoms with Crippen LogP contribution in [0.2, 0.25) is 5.02 Å². The van der Waals surface area contributed by atoms with Crippen molar-refractivity contribution < 1.29 is 4.79 Å². The predicted octanol–water partition coefficient (Wildman–Crippen LogP) is 3.76. The van der Waals surface area contributed by atoms with E-state index in [4.69, 9.17) is 11.6 Å². The van der Waals surface area contributed by atoms with E-state index >= 15 is 0 Å². The molecule has 0 spiro atoms. The van der Waals surface area contributed by atoms with Gasteiger partial charge in [0.25, 0.3) is 5.91 Å². The highest BCUT2D eigenvalue weighted by atomic mass is 35.5. The van der Waals surface area contributed by atoms with Crippen LogP contribution in [-0.4, -0.2) is 41.9 Å². The van der Waals surface area contributed by atoms with E-state index in [-0.39, 0.29) is 5.91 Å². The number of guanidine groups is 1. The SMILES string of the molecule is O=C1N=C(N2CCCCC2)N=C2N=CC=C(/C=C/c3cccc(Cl)c3)C12. The fourth-order valence-electron chi connectivity index (χ4n) is 3.35. The van der Waals surface area contributed by atoms with Crippen LogP contribution in [0.4, 0.5) is 0 Å². The van der Waals surface area contributed by atoms with Crippen molar-refractivity contribution in [1.29, 1.82) is 0 Å². The molecule has 26 heavy (non-hydrogen) atoms. The first-order valence-electron chi connectivity index (χ1n) is 8.85. The molecule has 3 aliphatic heterocycles. The van der Waals surface area contributed by atoms with Crippen LogP contribution in [0.15, 0.2) is 57.0 Å². The number of nitrogens with zero attached hydrogens (tertiary/aromatic N) is 4. The molecule has 3 heterocycles. The normalized spacial score (nSPS) is 22.8. The molecule has 132 valence electrons. The summed E-state index contributed by atoms with van der Waals surface area (Å²) >= 11 is 6.02. The molecule has 0 N–H and O–H groups in total. The quantitative estimate of drug-likeness (QED) is 0.800. The van der Waals surface area contributed by atoms with Gasteiger partial charge in [-0.2, -0.15) is 9.98 Å². The van der Waals surface area contributed by atoms with Crippen LogP contribution in [0, 0.1) is 5.92 Å². The second-order valence-corrected chi connectivity index (χ2v) is 6.97. The zero-order valence-corrected chi connectivity index (χ0v) is 15.1. The molecule has 1 amide bonds. The second-order valence-electron chi connectivity index (χ2n) is 6.53. The Morgan fingerprint density at radius 1 is 1.12 bits per heavy atom. The van der Waals surface area contributed by atoms with Crippen molar-refractivity contribution in [3.63, 3.8) is 0 Å². The van der Waals surface area contributed by atoms with E-state index in [1.807, 2.05) is 42.5 Å². The van der Waals surface area contributed by atoms with Crippen LogP contribution >= 0.6 is 11.6 Å². The molecule has 0 aromatic heterocycles. The maximum Gasteiger partial charge on any atom is 0.264 e. The number of benzene rings is 1. The van der Waals surface area contributed by atoms with Crippen LogP contribution < -0.4 is 0 Å². The topological polar surface area (TPSA) is 57.4 Å². The Morgan fingerprint density at radius 2 is 1.96 bits per heavy atom. The van der Waals surface area contributed by atoms with Gasteiger partial charge in [0.2, 0.25) is 5.96 Å². The fraction of sp³-hybridized carbons (Fsp3) is 0.300. The first-order valence-corrected chi connectivity index (χ1v) is 9.22. The Hall–Kier alpha value is -2.53. The molecule has 6 heteroatoms. The average Bonchev–Trinajstić information content (AvgIpc) is 2.67. The number of amides is 1. The first kappa shape index (κ1) is 16.9. The number of carbonyl (C=O) groups is 1. The Balaban J connectivity index is 1.56. The summed E-state index contributed by atoms with van der Waals surface area (Å²) in [5, 5.41) is 0.679. The highest BCUT2D eigenvalue weighted by Crippen LogP contribution is 2.25. The van der Waals surface area contributed by atoms with Gasteiger partial charge in [0.1, 0.15) is 11.8 Å². The Labute approximate surface area is 157 Å². The van der Waals surface area contributed by atoms with Crippen LogP contribution in [-0.2, 0) is 4.79 Å². The number of fused-ring (bicyclic) bond motifs is 1. The van der Waals surface area contributed by atoms with Gasteiger partial charge >= 0.3 is 0 Å². The van der Waals surface area contributed by atoms with Crippen molar-refractivity contribution in [2.75, 3.05) is 13.1 Å². The molecule has 1 saturated heterocycles. The summed E-state index contributed by atoms with van der Waals surface area (Å²) in [5.74, 6) is 0.315. The van der Waals surface area contributed by atoms with Crippen molar-refractivity contribution >= 4 is 41.6 Å². The number of dihydropyridines is 1. The Kier molecular flexibility index (Phi) is 4.80. The van der Waals surface area contributed by atoms with Gasteiger partial charge in [-0.1, -0.05) is 35.9 Å². The van der Waals surface area contributed by atoms with Gasteiger partial charge in [-0.05, 0) is 48.6 Å². The summed E-state index contributed by atoms with van der Waals surface area (Å²) < 4.78 is 0. The van der Waals surface area contributed by atoms with Gasteiger partial charge in [0, 0.05) is 24.3 Å². The predicted molar refractivity (Wildman–Crippen MR) is 106 cm³/mol. The monoisotopic (exact) mass is 366 g/mol. The van der Waals surface area contributed by atoms with Gasteiger partial charge in [-0.15, -0.1) is 0 Å². The van der Waals surface area contributed by atoms with Crippen LogP contribution in [0.1, 0.15) is 24.8 Å². The first-order chi connectivity index (χ1) is 12.7. The molecular formula is C20H19ClN4O. The maximum atomic E-state index is 12.7. The van der Waals surface area contributed by atoms with Gasteiger partial charge in [0.05, 0.1) is 0 Å². The van der Waals surface area contributed by atoms with Gasteiger partial charge < -0.3 is 4.90 Å². The molecule has 0 bridgehead atoms. The lowest BCUT2D eigenvalue weighted by Gasteiger charge is -2.30. The van der Waals surface area contributed by atoms with Crippen molar-refractivity contribution in [3.05, 3.63) is 52.6 Å². The molecular weight excluding hydrogens is 348 g/mol. The fourth-order valence-corrected chi connectivity index (χ4v) is 3.55. The van der Waals surface area contributed by atoms with E-state index in [0.29, 0.717) is 16.8 Å². The molecule has 0 radical (unpaired) electrons. The van der Waals surface area contributed by atoms with Crippen LogP contribution in [0.3, 0.4) is 0 Å². The lowest BCUT2D eigenvalue weighted by Crippen LogP contribution is -2.40. The number of rotatable bonds is 2. The summed E-state index contributed by atoms with van der Waals surface area (Å²) in [6, 6.07) is 7.56. The number of allylic oxidation sites excluding steroid dienone is 2. The molecule has 3 aliphatic rings. The lowest BCUT2D eigenvalue weighted by atomic mass is 9.93. The molecule has 1 unspecified atom stereocenters. The highest BCUT2D eigenvalue weighted by Gasteiger charge is 2.34. The zero-order valence-electron chi connectivity index (χ0n) is 14.3. The molecule has 4 rings (SSSR count). The van der Waals surface area contributed by atoms with Crippen molar-refractivity contribution in [2.24, 2.45) is 20.9 Å². The molecule has 1 aromatic rings. The minimum absolute atomic E-state index is 0.200. The summed E-state index contributed by atoms with van der Waals surface area (Å²) in [6.07, 6.45) is 10.8. The summed E-state index contributed by atoms with van der Waals surface area (Å²) in [7, 11) is 0. The summed E-state index contributed by atoms with van der Waals surface area (Å²) in [4.78, 5) is 27.9.